The zero-order valence-corrected chi connectivity index (χ0v) is 15.9. The third-order valence-electron chi connectivity index (χ3n) is 4.34. The van der Waals surface area contributed by atoms with Crippen molar-refractivity contribution in [2.75, 3.05) is 66.8 Å². The van der Waals surface area contributed by atoms with Gasteiger partial charge in [0.2, 0.25) is 0 Å². The fourth-order valence-corrected chi connectivity index (χ4v) is 2.86. The van der Waals surface area contributed by atoms with Gasteiger partial charge in [-0.3, -0.25) is 4.90 Å². The molecule has 7 nitrogen and oxygen atoms in total. The quantitative estimate of drug-likeness (QED) is 0.531. The number of methoxy groups -OCH3 is 2. The van der Waals surface area contributed by atoms with Gasteiger partial charge in [0.25, 0.3) is 0 Å². The zero-order valence-electron chi connectivity index (χ0n) is 15.9. The van der Waals surface area contributed by atoms with Crippen LogP contribution in [0.3, 0.4) is 0 Å². The normalized spacial score (nSPS) is 16.4. The Labute approximate surface area is 156 Å². The number of rotatable bonds is 12. The van der Waals surface area contributed by atoms with E-state index in [1.807, 2.05) is 18.2 Å². The summed E-state index contributed by atoms with van der Waals surface area (Å²) in [6.45, 7) is 6.94. The summed E-state index contributed by atoms with van der Waals surface area (Å²) in [5, 5.41) is 13.3. The Hall–Kier alpha value is -1.38. The van der Waals surface area contributed by atoms with Gasteiger partial charge in [-0.2, -0.15) is 0 Å². The van der Waals surface area contributed by atoms with Crippen LogP contribution in [-0.2, 0) is 16.1 Å². The van der Waals surface area contributed by atoms with Crippen LogP contribution in [0.4, 0.5) is 0 Å². The molecule has 0 bridgehead atoms. The molecule has 0 spiro atoms. The first-order valence-corrected chi connectivity index (χ1v) is 9.20. The minimum absolute atomic E-state index is 0.296. The van der Waals surface area contributed by atoms with E-state index in [9.17, 15) is 5.11 Å². The van der Waals surface area contributed by atoms with Crippen molar-refractivity contribution in [1.82, 2.24) is 10.2 Å². The van der Waals surface area contributed by atoms with Gasteiger partial charge in [0.15, 0.2) is 11.5 Å². The molecular weight excluding hydrogens is 336 g/mol. The lowest BCUT2D eigenvalue weighted by molar-refractivity contribution is 0.0278. The second-order valence-electron chi connectivity index (χ2n) is 6.37. The molecule has 2 rings (SSSR count). The number of ether oxygens (including phenoxy) is 4. The molecule has 1 fully saturated rings. The molecule has 0 saturated carbocycles. The molecule has 1 aliphatic heterocycles. The van der Waals surface area contributed by atoms with E-state index in [0.717, 1.165) is 51.4 Å². The van der Waals surface area contributed by atoms with E-state index >= 15 is 0 Å². The summed E-state index contributed by atoms with van der Waals surface area (Å²) in [5.41, 5.74) is 0.980. The lowest BCUT2D eigenvalue weighted by Crippen LogP contribution is -2.38. The molecular formula is C19H32N2O5. The van der Waals surface area contributed by atoms with Gasteiger partial charge < -0.3 is 29.4 Å². The predicted molar refractivity (Wildman–Crippen MR) is 100.0 cm³/mol. The van der Waals surface area contributed by atoms with Crippen molar-refractivity contribution in [1.29, 1.82) is 0 Å². The first-order chi connectivity index (χ1) is 12.7. The second-order valence-corrected chi connectivity index (χ2v) is 6.37. The number of nitrogens with zero attached hydrogens (tertiary/aromatic N) is 1. The molecule has 1 aliphatic rings. The number of morpholine rings is 1. The average molecular weight is 368 g/mol. The molecule has 0 aromatic heterocycles. The van der Waals surface area contributed by atoms with Crippen LogP contribution in [-0.4, -0.2) is 82.9 Å². The maximum Gasteiger partial charge on any atom is 0.161 e. The molecule has 0 aliphatic carbocycles. The van der Waals surface area contributed by atoms with Crippen LogP contribution in [0.15, 0.2) is 18.2 Å². The molecule has 1 aromatic carbocycles. The zero-order chi connectivity index (χ0) is 18.6. The summed E-state index contributed by atoms with van der Waals surface area (Å²) in [6, 6.07) is 5.66. The third-order valence-corrected chi connectivity index (χ3v) is 4.34. The lowest BCUT2D eigenvalue weighted by atomic mass is 10.2. The van der Waals surface area contributed by atoms with Crippen molar-refractivity contribution in [3.63, 3.8) is 0 Å². The summed E-state index contributed by atoms with van der Waals surface area (Å²) < 4.78 is 21.4. The Bertz CT molecular complexity index is 509. The average Bonchev–Trinajstić information content (AvgIpc) is 2.68. The van der Waals surface area contributed by atoms with Crippen LogP contribution in [0, 0.1) is 0 Å². The summed E-state index contributed by atoms with van der Waals surface area (Å²) in [7, 11) is 3.22. The van der Waals surface area contributed by atoms with Crippen LogP contribution in [0.25, 0.3) is 0 Å². The van der Waals surface area contributed by atoms with Gasteiger partial charge in [0.1, 0.15) is 0 Å². The van der Waals surface area contributed by atoms with Gasteiger partial charge in [0.05, 0.1) is 46.8 Å². The van der Waals surface area contributed by atoms with E-state index in [1.165, 1.54) is 0 Å². The van der Waals surface area contributed by atoms with Crippen LogP contribution in [0.1, 0.15) is 12.0 Å². The van der Waals surface area contributed by atoms with Gasteiger partial charge in [-0.25, -0.2) is 0 Å². The van der Waals surface area contributed by atoms with E-state index in [1.54, 1.807) is 14.2 Å². The van der Waals surface area contributed by atoms with Gasteiger partial charge in [-0.05, 0) is 37.2 Å². The predicted octanol–water partition coefficient (Wildman–Crippen LogP) is 0.893. The summed E-state index contributed by atoms with van der Waals surface area (Å²) in [5.74, 6) is 1.37. The highest BCUT2D eigenvalue weighted by Crippen LogP contribution is 2.27. The SMILES string of the molecule is COc1ccc(COC[C@H](O)CNCCCN2CCOCC2)cc1OC. The van der Waals surface area contributed by atoms with E-state index in [2.05, 4.69) is 10.2 Å². The van der Waals surface area contributed by atoms with Crippen molar-refractivity contribution >= 4 is 0 Å². The summed E-state index contributed by atoms with van der Waals surface area (Å²) >= 11 is 0. The number of aliphatic hydroxyl groups excluding tert-OH is 1. The number of nitrogens with one attached hydrogen (secondary N) is 1. The second kappa shape index (κ2) is 12.1. The van der Waals surface area contributed by atoms with Crippen LogP contribution in [0.2, 0.25) is 0 Å². The first kappa shape index (κ1) is 20.9. The standard InChI is InChI=1S/C19H32N2O5/c1-23-18-5-4-16(12-19(18)24-2)14-26-15-17(22)13-20-6-3-7-21-8-10-25-11-9-21/h4-5,12,17,20,22H,3,6-11,13-15H2,1-2H3/t17-/m1/s1. The molecule has 1 heterocycles. The number of hydrogen-bond donors (Lipinski definition) is 2. The Balaban J connectivity index is 1.53. The summed E-state index contributed by atoms with van der Waals surface area (Å²) in [6.07, 6.45) is 0.553. The molecule has 1 atom stereocenters. The Kier molecular flexibility index (Phi) is 9.73. The minimum Gasteiger partial charge on any atom is -0.493 e. The van der Waals surface area contributed by atoms with Crippen molar-refractivity contribution in [2.24, 2.45) is 0 Å². The number of benzene rings is 1. The fourth-order valence-electron chi connectivity index (χ4n) is 2.86. The monoisotopic (exact) mass is 368 g/mol. The Morgan fingerprint density at radius 1 is 1.19 bits per heavy atom. The third kappa shape index (κ3) is 7.47. The molecule has 0 unspecified atom stereocenters. The molecule has 0 radical (unpaired) electrons. The Morgan fingerprint density at radius 2 is 1.96 bits per heavy atom. The molecule has 1 saturated heterocycles. The highest BCUT2D eigenvalue weighted by molar-refractivity contribution is 5.42. The molecule has 7 heteroatoms. The largest absolute Gasteiger partial charge is 0.493 e. The molecule has 26 heavy (non-hydrogen) atoms. The Morgan fingerprint density at radius 3 is 2.69 bits per heavy atom. The van der Waals surface area contributed by atoms with E-state index < -0.39 is 6.10 Å². The smallest absolute Gasteiger partial charge is 0.161 e. The molecule has 148 valence electrons. The maximum absolute atomic E-state index is 10.00. The van der Waals surface area contributed by atoms with Crippen LogP contribution in [0.5, 0.6) is 11.5 Å². The number of hydrogen-bond acceptors (Lipinski definition) is 7. The molecule has 1 aromatic rings. The fraction of sp³-hybridized carbons (Fsp3) is 0.684. The summed E-state index contributed by atoms with van der Waals surface area (Å²) in [4.78, 5) is 2.41. The molecule has 2 N–H and O–H groups in total. The van der Waals surface area contributed by atoms with Gasteiger partial charge in [-0.15, -0.1) is 0 Å². The van der Waals surface area contributed by atoms with Crippen molar-refractivity contribution in [3.05, 3.63) is 23.8 Å². The van der Waals surface area contributed by atoms with Crippen molar-refractivity contribution in [2.45, 2.75) is 19.1 Å². The van der Waals surface area contributed by atoms with Gasteiger partial charge in [-0.1, -0.05) is 6.07 Å². The van der Waals surface area contributed by atoms with E-state index in [-0.39, 0.29) is 0 Å². The topological polar surface area (TPSA) is 72.4 Å². The highest BCUT2D eigenvalue weighted by Gasteiger charge is 2.10. The van der Waals surface area contributed by atoms with Crippen molar-refractivity contribution < 1.29 is 24.1 Å². The lowest BCUT2D eigenvalue weighted by Gasteiger charge is -2.26. The highest BCUT2D eigenvalue weighted by atomic mass is 16.5. The van der Waals surface area contributed by atoms with Crippen molar-refractivity contribution in [3.8, 4) is 11.5 Å². The minimum atomic E-state index is -0.515. The maximum atomic E-state index is 10.00. The molecule has 0 amide bonds. The first-order valence-electron chi connectivity index (χ1n) is 9.20. The van der Waals surface area contributed by atoms with E-state index in [0.29, 0.717) is 31.3 Å². The van der Waals surface area contributed by atoms with Gasteiger partial charge in [0, 0.05) is 19.6 Å². The van der Waals surface area contributed by atoms with Gasteiger partial charge >= 0.3 is 0 Å². The van der Waals surface area contributed by atoms with Crippen LogP contribution >= 0.6 is 0 Å². The van der Waals surface area contributed by atoms with Crippen LogP contribution < -0.4 is 14.8 Å². The van der Waals surface area contributed by atoms with E-state index in [4.69, 9.17) is 18.9 Å². The number of aliphatic hydroxyl groups is 1.